The van der Waals surface area contributed by atoms with Gasteiger partial charge >= 0.3 is 0 Å². The average molecular weight is 457 g/mol. The van der Waals surface area contributed by atoms with Gasteiger partial charge in [-0.1, -0.05) is 69.2 Å². The van der Waals surface area contributed by atoms with E-state index in [0.717, 1.165) is 75.1 Å². The molecular weight excluding hydrogens is 415 g/mol. The van der Waals surface area contributed by atoms with Crippen molar-refractivity contribution in [2.24, 2.45) is 5.92 Å². The molecule has 0 aromatic heterocycles. The Labute approximate surface area is 199 Å². The molecular formula is C29H41FO3. The molecule has 33 heavy (non-hydrogen) atoms. The van der Waals surface area contributed by atoms with Crippen molar-refractivity contribution in [3.8, 4) is 16.9 Å². The maximum absolute atomic E-state index is 13.4. The summed E-state index contributed by atoms with van der Waals surface area (Å²) in [7, 11) is 0. The largest absolute Gasteiger partial charge is 0.494 e. The molecule has 0 saturated carbocycles. The zero-order valence-electron chi connectivity index (χ0n) is 20.1. The predicted molar refractivity (Wildman–Crippen MR) is 133 cm³/mol. The van der Waals surface area contributed by atoms with Gasteiger partial charge in [-0.25, -0.2) is 4.39 Å². The zero-order valence-corrected chi connectivity index (χ0v) is 20.1. The van der Waals surface area contributed by atoms with Crippen LogP contribution in [0.15, 0.2) is 48.5 Å². The van der Waals surface area contributed by atoms with E-state index < -0.39 is 0 Å². The summed E-state index contributed by atoms with van der Waals surface area (Å²) in [6.07, 6.45) is 13.8. The van der Waals surface area contributed by atoms with E-state index in [1.165, 1.54) is 57.4 Å². The molecule has 1 saturated heterocycles. The second kappa shape index (κ2) is 15.8. The van der Waals surface area contributed by atoms with Crippen molar-refractivity contribution in [3.63, 3.8) is 0 Å². The summed E-state index contributed by atoms with van der Waals surface area (Å²) in [5.41, 5.74) is 1.89. The van der Waals surface area contributed by atoms with Gasteiger partial charge in [-0.15, -0.1) is 0 Å². The highest BCUT2D eigenvalue weighted by Crippen LogP contribution is 2.23. The van der Waals surface area contributed by atoms with Crippen molar-refractivity contribution in [1.29, 1.82) is 0 Å². The molecule has 0 unspecified atom stereocenters. The summed E-state index contributed by atoms with van der Waals surface area (Å²) in [6, 6.07) is 14.6. The molecule has 0 bridgehead atoms. The minimum absolute atomic E-state index is 0.209. The number of hydrogen-bond donors (Lipinski definition) is 0. The number of ether oxygens (including phenoxy) is 3. The van der Waals surface area contributed by atoms with Gasteiger partial charge in [0.05, 0.1) is 6.61 Å². The number of rotatable bonds is 16. The summed E-state index contributed by atoms with van der Waals surface area (Å²) in [4.78, 5) is 0. The molecule has 0 amide bonds. The molecule has 1 fully saturated rings. The van der Waals surface area contributed by atoms with Gasteiger partial charge in [0.1, 0.15) is 11.6 Å². The number of benzene rings is 2. The van der Waals surface area contributed by atoms with Crippen LogP contribution in [0.2, 0.25) is 0 Å². The Morgan fingerprint density at radius 3 is 2.03 bits per heavy atom. The lowest BCUT2D eigenvalue weighted by Gasteiger charge is -2.21. The average Bonchev–Trinajstić information content (AvgIpc) is 2.85. The Hall–Kier alpha value is -1.91. The molecule has 4 heteroatoms. The van der Waals surface area contributed by atoms with Crippen LogP contribution in [-0.4, -0.2) is 33.0 Å². The molecule has 2 aromatic rings. The summed E-state index contributed by atoms with van der Waals surface area (Å²) in [5, 5.41) is 0. The Balaban J connectivity index is 1.10. The topological polar surface area (TPSA) is 27.7 Å². The molecule has 3 rings (SSSR count). The van der Waals surface area contributed by atoms with Crippen LogP contribution in [0.4, 0.5) is 4.39 Å². The van der Waals surface area contributed by atoms with Crippen LogP contribution < -0.4 is 4.74 Å². The van der Waals surface area contributed by atoms with Crippen molar-refractivity contribution >= 4 is 0 Å². The standard InChI is InChI=1S/C29H41FO3/c30-28-12-10-11-27(23-28)26-13-15-29(16-14-26)33-20-9-7-5-3-1-2-4-6-8-19-32-24-25-17-21-31-22-18-25/h10-16,23,25H,1-9,17-22,24H2. The highest BCUT2D eigenvalue weighted by Gasteiger charge is 2.13. The second-order valence-electron chi connectivity index (χ2n) is 9.20. The molecule has 0 radical (unpaired) electrons. The quantitative estimate of drug-likeness (QED) is 0.241. The van der Waals surface area contributed by atoms with Gasteiger partial charge in [0.2, 0.25) is 0 Å². The lowest BCUT2D eigenvalue weighted by Crippen LogP contribution is -2.20. The van der Waals surface area contributed by atoms with E-state index in [0.29, 0.717) is 0 Å². The first-order valence-electron chi connectivity index (χ1n) is 13.0. The highest BCUT2D eigenvalue weighted by molar-refractivity contribution is 5.64. The molecule has 0 atom stereocenters. The van der Waals surface area contributed by atoms with Gasteiger partial charge in [-0.3, -0.25) is 0 Å². The van der Waals surface area contributed by atoms with Gasteiger partial charge in [0, 0.05) is 26.4 Å². The fourth-order valence-electron chi connectivity index (χ4n) is 4.31. The number of hydrogen-bond acceptors (Lipinski definition) is 3. The zero-order chi connectivity index (χ0) is 23.0. The molecule has 1 heterocycles. The Morgan fingerprint density at radius 2 is 1.36 bits per heavy atom. The maximum atomic E-state index is 13.4. The first-order valence-corrected chi connectivity index (χ1v) is 13.0. The Bertz CT molecular complexity index is 756. The van der Waals surface area contributed by atoms with Crippen molar-refractivity contribution in [2.75, 3.05) is 33.0 Å². The monoisotopic (exact) mass is 456 g/mol. The van der Waals surface area contributed by atoms with Crippen LogP contribution in [-0.2, 0) is 9.47 Å². The van der Waals surface area contributed by atoms with Crippen LogP contribution in [0.3, 0.4) is 0 Å². The van der Waals surface area contributed by atoms with Gasteiger partial charge < -0.3 is 14.2 Å². The van der Waals surface area contributed by atoms with E-state index in [2.05, 4.69) is 0 Å². The van der Waals surface area contributed by atoms with Crippen molar-refractivity contribution < 1.29 is 18.6 Å². The second-order valence-corrected chi connectivity index (χ2v) is 9.20. The molecule has 3 nitrogen and oxygen atoms in total. The predicted octanol–water partition coefficient (Wildman–Crippen LogP) is 7.83. The third-order valence-electron chi connectivity index (χ3n) is 6.41. The number of unbranched alkanes of at least 4 members (excludes halogenated alkanes) is 8. The normalized spacial score (nSPS) is 14.5. The maximum Gasteiger partial charge on any atom is 0.123 e. The minimum Gasteiger partial charge on any atom is -0.494 e. The van der Waals surface area contributed by atoms with Crippen molar-refractivity contribution in [2.45, 2.75) is 70.6 Å². The van der Waals surface area contributed by atoms with Crippen LogP contribution in [0.5, 0.6) is 5.75 Å². The molecule has 0 N–H and O–H groups in total. The van der Waals surface area contributed by atoms with Crippen LogP contribution >= 0.6 is 0 Å². The minimum atomic E-state index is -0.209. The molecule has 1 aliphatic rings. The third kappa shape index (κ3) is 10.7. The van der Waals surface area contributed by atoms with Gasteiger partial charge in [-0.05, 0) is 67.0 Å². The van der Waals surface area contributed by atoms with Gasteiger partial charge in [0.25, 0.3) is 0 Å². The van der Waals surface area contributed by atoms with E-state index >= 15 is 0 Å². The molecule has 0 aliphatic carbocycles. The fourth-order valence-corrected chi connectivity index (χ4v) is 4.31. The fraction of sp³-hybridized carbons (Fsp3) is 0.586. The van der Waals surface area contributed by atoms with Gasteiger partial charge in [0.15, 0.2) is 0 Å². The highest BCUT2D eigenvalue weighted by atomic mass is 19.1. The molecule has 182 valence electrons. The molecule has 1 aliphatic heterocycles. The summed E-state index contributed by atoms with van der Waals surface area (Å²) < 4.78 is 30.4. The van der Waals surface area contributed by atoms with Crippen LogP contribution in [0.25, 0.3) is 11.1 Å². The lowest BCUT2D eigenvalue weighted by atomic mass is 10.0. The van der Waals surface area contributed by atoms with Crippen LogP contribution in [0.1, 0.15) is 70.6 Å². The SMILES string of the molecule is Fc1cccc(-c2ccc(OCCCCCCCCCCCOCC3CCOCC3)cc2)c1. The summed E-state index contributed by atoms with van der Waals surface area (Å²) >= 11 is 0. The lowest BCUT2D eigenvalue weighted by molar-refractivity contribution is 0.0198. The van der Waals surface area contributed by atoms with E-state index in [4.69, 9.17) is 14.2 Å². The Kier molecular flexibility index (Phi) is 12.3. The van der Waals surface area contributed by atoms with Crippen molar-refractivity contribution in [1.82, 2.24) is 0 Å². The van der Waals surface area contributed by atoms with Crippen molar-refractivity contribution in [3.05, 3.63) is 54.3 Å². The van der Waals surface area contributed by atoms with E-state index in [9.17, 15) is 4.39 Å². The number of halogens is 1. The molecule has 2 aromatic carbocycles. The van der Waals surface area contributed by atoms with E-state index in [1.54, 1.807) is 12.1 Å². The van der Waals surface area contributed by atoms with Gasteiger partial charge in [-0.2, -0.15) is 0 Å². The summed E-state index contributed by atoms with van der Waals surface area (Å²) in [6.45, 7) is 4.42. The Morgan fingerprint density at radius 1 is 0.727 bits per heavy atom. The van der Waals surface area contributed by atoms with E-state index in [1.807, 2.05) is 30.3 Å². The van der Waals surface area contributed by atoms with Crippen LogP contribution in [0, 0.1) is 11.7 Å². The smallest absolute Gasteiger partial charge is 0.123 e. The first-order chi connectivity index (χ1) is 16.3. The van der Waals surface area contributed by atoms with E-state index in [-0.39, 0.29) is 5.82 Å². The summed E-state index contributed by atoms with van der Waals surface area (Å²) in [5.74, 6) is 1.39. The molecule has 0 spiro atoms. The third-order valence-corrected chi connectivity index (χ3v) is 6.41. The first kappa shape index (κ1) is 25.7.